The third kappa shape index (κ3) is 6.11. The highest BCUT2D eigenvalue weighted by atomic mass is 32.1. The fraction of sp³-hybridized carbons (Fsp3) is 0.321. The van der Waals surface area contributed by atoms with Crippen LogP contribution in [0.25, 0.3) is 21.2 Å². The summed E-state index contributed by atoms with van der Waals surface area (Å²) >= 11 is 2.00. The van der Waals surface area contributed by atoms with E-state index < -0.39 is 0 Å². The molecule has 1 aliphatic carbocycles. The van der Waals surface area contributed by atoms with Crippen molar-refractivity contribution < 1.29 is 0 Å². The van der Waals surface area contributed by atoms with E-state index in [1.165, 1.54) is 117 Å². The van der Waals surface area contributed by atoms with E-state index in [1.54, 1.807) is 0 Å². The Labute approximate surface area is 363 Å². The van der Waals surface area contributed by atoms with Crippen molar-refractivity contribution in [2.24, 2.45) is 0 Å². The van der Waals surface area contributed by atoms with Crippen LogP contribution in [0, 0.1) is 0 Å². The largest absolute Gasteiger partial charge is 0.311 e. The standard InChI is InChI=1S/C56H59BN2S/c1-11-35-22-29-47-45(32-35)57-51-48(20-15-21-49(51)59(47)46-30-25-38(54(3,4)5)33-43(46)42-19-14-17-36-16-13-18-41(36)42)58(40-27-23-37(24-28-40)56(9,10)12-2)52-44-34-39(55(6,7)8)26-31-50(44)60-53(52)57/h14-15,17,19-34H,11-13,16,18H2,1-10H3. The van der Waals surface area contributed by atoms with Crippen LogP contribution >= 0.6 is 11.3 Å². The molecule has 60 heavy (non-hydrogen) atoms. The lowest BCUT2D eigenvalue weighted by Gasteiger charge is -2.43. The van der Waals surface area contributed by atoms with Crippen molar-refractivity contribution in [1.82, 2.24) is 0 Å². The van der Waals surface area contributed by atoms with E-state index in [1.807, 2.05) is 11.3 Å². The highest BCUT2D eigenvalue weighted by Gasteiger charge is 2.45. The molecule has 6 aromatic carbocycles. The van der Waals surface area contributed by atoms with Gasteiger partial charge in [-0.25, -0.2) is 0 Å². The SMILES string of the molecule is CCc1ccc2c(c1)B1c3sc4ccc(C(C)(C)C)cc4c3N(c3ccc(C(C)(C)CC)cc3)c3cccc(c31)N2c1ccc(C(C)(C)C)cc1-c1cccc2c1CCC2. The molecule has 7 aromatic rings. The molecule has 10 rings (SSSR count). The predicted octanol–water partition coefficient (Wildman–Crippen LogP) is 14.0. The van der Waals surface area contributed by atoms with Crippen molar-refractivity contribution >= 4 is 78.0 Å². The van der Waals surface area contributed by atoms with Gasteiger partial charge < -0.3 is 9.80 Å². The molecular weight excluding hydrogens is 744 g/mol. The molecule has 0 atom stereocenters. The van der Waals surface area contributed by atoms with Gasteiger partial charge in [-0.3, -0.25) is 0 Å². The Morgan fingerprint density at radius 3 is 1.98 bits per heavy atom. The van der Waals surface area contributed by atoms with Crippen molar-refractivity contribution in [1.29, 1.82) is 0 Å². The maximum atomic E-state index is 2.64. The topological polar surface area (TPSA) is 6.48 Å². The maximum absolute atomic E-state index is 2.64. The summed E-state index contributed by atoms with van der Waals surface area (Å²) in [4.78, 5) is 5.26. The number of nitrogens with zero attached hydrogens (tertiary/aromatic N) is 2. The highest BCUT2D eigenvalue weighted by molar-refractivity contribution is 7.33. The Bertz CT molecular complexity index is 2830. The lowest BCUT2D eigenvalue weighted by Crippen LogP contribution is -2.60. The first kappa shape index (κ1) is 39.1. The summed E-state index contributed by atoms with van der Waals surface area (Å²) in [7, 11) is 0. The van der Waals surface area contributed by atoms with Crippen LogP contribution in [0.3, 0.4) is 0 Å². The van der Waals surface area contributed by atoms with E-state index in [4.69, 9.17) is 0 Å². The van der Waals surface area contributed by atoms with Crippen LogP contribution in [0.4, 0.5) is 34.1 Å². The molecule has 0 bridgehead atoms. The second-order valence-corrected chi connectivity index (χ2v) is 21.5. The molecule has 0 N–H and O–H groups in total. The maximum Gasteiger partial charge on any atom is 0.264 e. The summed E-state index contributed by atoms with van der Waals surface area (Å²) in [6.45, 7) is 23.5. The molecule has 0 unspecified atom stereocenters. The summed E-state index contributed by atoms with van der Waals surface area (Å²) in [5, 5.41) is 1.35. The number of hydrogen-bond donors (Lipinski definition) is 0. The van der Waals surface area contributed by atoms with Crippen LogP contribution in [0.1, 0.15) is 115 Å². The Hall–Kier alpha value is -5.06. The zero-order chi connectivity index (χ0) is 41.9. The number of anilines is 6. The second-order valence-electron chi connectivity index (χ2n) is 20.4. The van der Waals surface area contributed by atoms with Crippen LogP contribution in [0.5, 0.6) is 0 Å². The zero-order valence-electron chi connectivity index (χ0n) is 37.4. The van der Waals surface area contributed by atoms with Crippen molar-refractivity contribution in [3.63, 3.8) is 0 Å². The van der Waals surface area contributed by atoms with Gasteiger partial charge in [0, 0.05) is 43.2 Å². The monoisotopic (exact) mass is 802 g/mol. The highest BCUT2D eigenvalue weighted by Crippen LogP contribution is 2.51. The first-order valence-corrected chi connectivity index (χ1v) is 23.3. The first-order valence-electron chi connectivity index (χ1n) is 22.5. The van der Waals surface area contributed by atoms with Gasteiger partial charge >= 0.3 is 0 Å². The number of benzene rings is 6. The van der Waals surface area contributed by atoms with Crippen LogP contribution in [-0.2, 0) is 35.5 Å². The molecule has 2 nitrogen and oxygen atoms in total. The Morgan fingerprint density at radius 1 is 0.600 bits per heavy atom. The fourth-order valence-electron chi connectivity index (χ4n) is 10.2. The summed E-state index contributed by atoms with van der Waals surface area (Å²) in [6.07, 6.45) is 5.62. The van der Waals surface area contributed by atoms with E-state index in [9.17, 15) is 0 Å². The fourth-order valence-corrected chi connectivity index (χ4v) is 11.5. The second kappa shape index (κ2) is 14.0. The molecule has 0 spiro atoms. The summed E-state index contributed by atoms with van der Waals surface area (Å²) in [6, 6.07) is 45.7. The van der Waals surface area contributed by atoms with Gasteiger partial charge in [0.25, 0.3) is 6.71 Å². The molecule has 4 heteroatoms. The molecule has 3 heterocycles. The van der Waals surface area contributed by atoms with E-state index in [-0.39, 0.29) is 23.0 Å². The molecule has 0 amide bonds. The number of rotatable bonds is 6. The molecule has 0 saturated carbocycles. The number of fused-ring (bicyclic) bond motifs is 7. The van der Waals surface area contributed by atoms with E-state index >= 15 is 0 Å². The quantitative estimate of drug-likeness (QED) is 0.155. The average molecular weight is 803 g/mol. The van der Waals surface area contributed by atoms with Gasteiger partial charge in [-0.15, -0.1) is 11.3 Å². The summed E-state index contributed by atoms with van der Waals surface area (Å²) in [5.74, 6) is 0. The molecule has 1 aromatic heterocycles. The van der Waals surface area contributed by atoms with Crippen molar-refractivity contribution in [2.75, 3.05) is 9.80 Å². The average Bonchev–Trinajstić information content (AvgIpc) is 3.88. The molecule has 3 aliphatic rings. The van der Waals surface area contributed by atoms with Gasteiger partial charge in [-0.1, -0.05) is 130 Å². The van der Waals surface area contributed by atoms with Crippen molar-refractivity contribution in [2.45, 2.75) is 118 Å². The van der Waals surface area contributed by atoms with Gasteiger partial charge in [0.15, 0.2) is 0 Å². The van der Waals surface area contributed by atoms with Crippen molar-refractivity contribution in [3.8, 4) is 11.1 Å². The summed E-state index contributed by atoms with van der Waals surface area (Å²) in [5.41, 5.74) is 21.9. The van der Waals surface area contributed by atoms with Crippen molar-refractivity contribution in [3.05, 3.63) is 149 Å². The lowest BCUT2D eigenvalue weighted by atomic mass is 9.36. The Kier molecular flexibility index (Phi) is 9.12. The van der Waals surface area contributed by atoms with E-state index in [2.05, 4.69) is 194 Å². The smallest absolute Gasteiger partial charge is 0.264 e. The van der Waals surface area contributed by atoms with Crippen LogP contribution in [-0.4, -0.2) is 6.71 Å². The van der Waals surface area contributed by atoms with Crippen LogP contribution in [0.15, 0.2) is 115 Å². The summed E-state index contributed by atoms with van der Waals surface area (Å²) < 4.78 is 2.79. The minimum absolute atomic E-state index is 0.0187. The molecule has 2 aliphatic heterocycles. The normalized spacial score (nSPS) is 14.7. The van der Waals surface area contributed by atoms with Gasteiger partial charge in [-0.05, 0) is 153 Å². The van der Waals surface area contributed by atoms with Gasteiger partial charge in [0.2, 0.25) is 0 Å². The first-order chi connectivity index (χ1) is 28.7. The van der Waals surface area contributed by atoms with Crippen LogP contribution in [0.2, 0.25) is 0 Å². The van der Waals surface area contributed by atoms with E-state index in [0.717, 1.165) is 19.3 Å². The Morgan fingerprint density at radius 2 is 1.27 bits per heavy atom. The molecule has 302 valence electrons. The van der Waals surface area contributed by atoms with Gasteiger partial charge in [0.05, 0.1) is 11.4 Å². The minimum atomic E-state index is 0.0187. The number of aryl methyl sites for hydroxylation is 2. The number of hydrogen-bond acceptors (Lipinski definition) is 3. The molecule has 0 saturated heterocycles. The molecular formula is C56H59BN2S. The van der Waals surface area contributed by atoms with Gasteiger partial charge in [0.1, 0.15) is 0 Å². The van der Waals surface area contributed by atoms with E-state index in [0.29, 0.717) is 0 Å². The third-order valence-corrected chi connectivity index (χ3v) is 15.5. The zero-order valence-corrected chi connectivity index (χ0v) is 38.2. The predicted molar refractivity (Wildman–Crippen MR) is 263 cm³/mol. The third-order valence-electron chi connectivity index (χ3n) is 14.3. The minimum Gasteiger partial charge on any atom is -0.311 e. The molecule has 0 fully saturated rings. The lowest BCUT2D eigenvalue weighted by molar-refractivity contribution is 0.506. The van der Waals surface area contributed by atoms with Crippen LogP contribution < -0.4 is 25.5 Å². The van der Waals surface area contributed by atoms with Gasteiger partial charge in [-0.2, -0.15) is 0 Å². The number of thiophene rings is 1. The molecule has 0 radical (unpaired) electrons. The Balaban J connectivity index is 1.28.